The number of carbonyl (C=O) groups is 3. The topological polar surface area (TPSA) is 155 Å². The Morgan fingerprint density at radius 2 is 0.722 bits per heavy atom. The predicted molar refractivity (Wildman–Crippen MR) is 298 cm³/mol. The third kappa shape index (κ3) is 51.8. The molecule has 0 aromatic carbocycles. The van der Waals surface area contributed by atoms with Gasteiger partial charge in [-0.25, -0.2) is 4.57 Å². The quantitative estimate of drug-likeness (QED) is 0.0197. The Labute approximate surface area is 439 Å². The number of phosphoric acid groups is 1. The van der Waals surface area contributed by atoms with E-state index < -0.39 is 57.8 Å². The Morgan fingerprint density at radius 3 is 1.12 bits per heavy atom. The van der Waals surface area contributed by atoms with Crippen LogP contribution in [0.5, 0.6) is 0 Å². The molecule has 0 aromatic heterocycles. The van der Waals surface area contributed by atoms with Crippen LogP contribution < -0.4 is 0 Å². The molecule has 11 nitrogen and oxygen atoms in total. The van der Waals surface area contributed by atoms with E-state index in [9.17, 15) is 28.9 Å². The van der Waals surface area contributed by atoms with Crippen LogP contribution in [0.3, 0.4) is 0 Å². The molecule has 3 atom stereocenters. The zero-order valence-electron chi connectivity index (χ0n) is 45.9. The molecule has 72 heavy (non-hydrogen) atoms. The summed E-state index contributed by atoms with van der Waals surface area (Å²) in [6.07, 6.45) is 60.1. The van der Waals surface area contributed by atoms with E-state index in [1.54, 1.807) is 0 Å². The van der Waals surface area contributed by atoms with Crippen molar-refractivity contribution in [3.8, 4) is 0 Å². The molecule has 0 aliphatic heterocycles. The molecule has 12 heteroatoms. The minimum absolute atomic E-state index is 0.140. The smallest absolute Gasteiger partial charge is 0.462 e. The molecule has 0 radical (unpaired) electrons. The highest BCUT2D eigenvalue weighted by atomic mass is 31.2. The summed E-state index contributed by atoms with van der Waals surface area (Å²) >= 11 is 0. The van der Waals surface area contributed by atoms with Crippen LogP contribution in [0.4, 0.5) is 0 Å². The van der Waals surface area contributed by atoms with Gasteiger partial charge < -0.3 is 24.2 Å². The fourth-order valence-corrected chi connectivity index (χ4v) is 8.58. The predicted octanol–water partition coefficient (Wildman–Crippen LogP) is 16.9. The van der Waals surface area contributed by atoms with Crippen LogP contribution in [0.25, 0.3) is 0 Å². The van der Waals surface area contributed by atoms with Crippen LogP contribution >= 0.6 is 7.82 Å². The summed E-state index contributed by atoms with van der Waals surface area (Å²) in [5, 5.41) is 9.80. The van der Waals surface area contributed by atoms with Crippen LogP contribution in [0.2, 0.25) is 0 Å². The van der Waals surface area contributed by atoms with Gasteiger partial charge in [0.1, 0.15) is 12.7 Å². The molecule has 0 spiro atoms. The molecule has 3 unspecified atom stereocenters. The molecule has 0 aromatic rings. The van der Waals surface area contributed by atoms with Gasteiger partial charge in [0.05, 0.1) is 19.8 Å². The molecule has 0 saturated carbocycles. The molecule has 0 aliphatic carbocycles. The molecule has 2 N–H and O–H groups in total. The van der Waals surface area contributed by atoms with Crippen molar-refractivity contribution in [2.75, 3.05) is 26.4 Å². The number of aliphatic hydroxyl groups excluding tert-OH is 1. The summed E-state index contributed by atoms with van der Waals surface area (Å²) in [6, 6.07) is 0. The van der Waals surface area contributed by atoms with Crippen molar-refractivity contribution in [3.05, 3.63) is 72.9 Å². The molecule has 0 aliphatic rings. The number of aliphatic hydroxyl groups is 1. The highest BCUT2D eigenvalue weighted by Crippen LogP contribution is 2.43. The Hall–Kier alpha value is -3.08. The number of esters is 3. The Balaban J connectivity index is 4.76. The lowest BCUT2D eigenvalue weighted by Gasteiger charge is -2.21. The second-order valence-corrected chi connectivity index (χ2v) is 20.5. The van der Waals surface area contributed by atoms with E-state index in [-0.39, 0.29) is 25.9 Å². The van der Waals surface area contributed by atoms with Crippen molar-refractivity contribution in [2.24, 2.45) is 0 Å². The van der Waals surface area contributed by atoms with Crippen LogP contribution in [0.1, 0.15) is 252 Å². The van der Waals surface area contributed by atoms with Gasteiger partial charge in [0.15, 0.2) is 6.10 Å². The number of rotatable bonds is 53. The average molecular weight is 1030 g/mol. The summed E-state index contributed by atoms with van der Waals surface area (Å²) < 4.78 is 39.5. The highest BCUT2D eigenvalue weighted by Gasteiger charge is 2.28. The minimum atomic E-state index is -4.76. The van der Waals surface area contributed by atoms with Gasteiger partial charge in [0.25, 0.3) is 0 Å². The van der Waals surface area contributed by atoms with Gasteiger partial charge in [-0.2, -0.15) is 0 Å². The normalized spacial score (nSPS) is 13.9. The second kappa shape index (κ2) is 54.2. The van der Waals surface area contributed by atoms with E-state index in [0.29, 0.717) is 19.3 Å². The highest BCUT2D eigenvalue weighted by molar-refractivity contribution is 7.47. The summed E-state index contributed by atoms with van der Waals surface area (Å²) in [4.78, 5) is 48.5. The monoisotopic (exact) mass is 1030 g/mol. The second-order valence-electron chi connectivity index (χ2n) is 19.0. The molecule has 416 valence electrons. The lowest BCUT2D eigenvalue weighted by Crippen LogP contribution is -2.30. The number of carbonyl (C=O) groups excluding carboxylic acids is 3. The first kappa shape index (κ1) is 68.9. The van der Waals surface area contributed by atoms with E-state index in [1.165, 1.54) is 83.5 Å². The molecule has 0 heterocycles. The molecular formula is C60H105O11P. The lowest BCUT2D eigenvalue weighted by atomic mass is 10.0. The van der Waals surface area contributed by atoms with E-state index in [2.05, 4.69) is 93.7 Å². The van der Waals surface area contributed by atoms with Crippen LogP contribution in [0.15, 0.2) is 72.9 Å². The first-order valence-electron chi connectivity index (χ1n) is 28.8. The first-order chi connectivity index (χ1) is 35.2. The fraction of sp³-hybridized carbons (Fsp3) is 0.750. The summed E-state index contributed by atoms with van der Waals surface area (Å²) in [5.41, 5.74) is 0. The van der Waals surface area contributed by atoms with Gasteiger partial charge in [-0.3, -0.25) is 23.4 Å². The maximum Gasteiger partial charge on any atom is 0.472 e. The molecular weight excluding hydrogens is 928 g/mol. The average Bonchev–Trinajstić information content (AvgIpc) is 3.37. The van der Waals surface area contributed by atoms with Gasteiger partial charge in [-0.05, 0) is 83.5 Å². The lowest BCUT2D eigenvalue weighted by molar-refractivity contribution is -0.161. The standard InChI is InChI=1S/C60H105O11P/c1-4-7-10-13-16-19-22-25-27-28-30-33-36-39-42-45-48-51-60(64)71-57(53-67-58(62)49-46-43-40-37-34-32-29-26-23-20-17-14-11-8-5-2)55-69-72(65,66)68-54-56(52-61)70-59(63)50-47-44-41-38-35-31-24-21-18-15-12-9-6-3/h8-9,11-12,17-18,20-21,26,29,31,35,56-57,61H,4-7,10,13-16,19,22-25,27-28,30,32-34,36-55H2,1-3H3,(H,65,66)/b11-8-,12-9-,20-17-,21-18-,29-26-,35-31-. The SMILES string of the molecule is CC/C=C\C/C=C\C/C=C\CCCCCCCC(=O)OCC(COP(=O)(O)OCC(CO)OC(=O)CCCCC/C=C\C/C=C\C/C=C\CC)OC(=O)CCCCCCCCCCCCCCCCCCC. The molecule has 0 amide bonds. The first-order valence-corrected chi connectivity index (χ1v) is 30.3. The molecule has 0 saturated heterocycles. The van der Waals surface area contributed by atoms with E-state index in [0.717, 1.165) is 109 Å². The third-order valence-corrected chi connectivity index (χ3v) is 13.1. The van der Waals surface area contributed by atoms with Gasteiger partial charge in [-0.1, -0.05) is 222 Å². The Morgan fingerprint density at radius 1 is 0.403 bits per heavy atom. The minimum Gasteiger partial charge on any atom is -0.462 e. The van der Waals surface area contributed by atoms with E-state index in [4.69, 9.17) is 23.3 Å². The van der Waals surface area contributed by atoms with Crippen LogP contribution in [0, 0.1) is 0 Å². The maximum absolute atomic E-state index is 12.9. The van der Waals surface area contributed by atoms with Crippen molar-refractivity contribution in [3.63, 3.8) is 0 Å². The Bertz CT molecular complexity index is 1490. The fourth-order valence-electron chi connectivity index (χ4n) is 7.80. The van der Waals surface area contributed by atoms with Crippen LogP contribution in [-0.4, -0.2) is 66.5 Å². The number of hydrogen-bond donors (Lipinski definition) is 2. The zero-order valence-corrected chi connectivity index (χ0v) is 46.8. The molecule has 0 fully saturated rings. The number of ether oxygens (including phenoxy) is 3. The third-order valence-electron chi connectivity index (χ3n) is 12.1. The summed E-state index contributed by atoms with van der Waals surface area (Å²) in [5.74, 6) is -1.51. The number of phosphoric ester groups is 1. The van der Waals surface area contributed by atoms with E-state index in [1.807, 2.05) is 0 Å². The molecule has 0 rings (SSSR count). The maximum atomic E-state index is 12.9. The number of unbranched alkanes of at least 4 members (excludes halogenated alkanes) is 24. The largest absolute Gasteiger partial charge is 0.472 e. The zero-order chi connectivity index (χ0) is 52.7. The number of allylic oxidation sites excluding steroid dienone is 12. The van der Waals surface area contributed by atoms with Crippen molar-refractivity contribution in [1.29, 1.82) is 0 Å². The summed E-state index contributed by atoms with van der Waals surface area (Å²) in [7, 11) is -4.76. The van der Waals surface area contributed by atoms with E-state index >= 15 is 0 Å². The summed E-state index contributed by atoms with van der Waals surface area (Å²) in [6.45, 7) is 4.38. The van der Waals surface area contributed by atoms with Gasteiger partial charge in [0, 0.05) is 19.3 Å². The van der Waals surface area contributed by atoms with Gasteiger partial charge in [-0.15, -0.1) is 0 Å². The van der Waals surface area contributed by atoms with Gasteiger partial charge >= 0.3 is 25.7 Å². The Kier molecular flexibility index (Phi) is 51.9. The van der Waals surface area contributed by atoms with Gasteiger partial charge in [0.2, 0.25) is 0 Å². The number of hydrogen-bond acceptors (Lipinski definition) is 10. The van der Waals surface area contributed by atoms with Crippen molar-refractivity contribution in [1.82, 2.24) is 0 Å². The van der Waals surface area contributed by atoms with Crippen LogP contribution in [-0.2, 0) is 42.2 Å². The van der Waals surface area contributed by atoms with Crippen molar-refractivity contribution in [2.45, 2.75) is 264 Å². The van der Waals surface area contributed by atoms with Crippen molar-refractivity contribution >= 4 is 25.7 Å². The molecule has 0 bridgehead atoms. The van der Waals surface area contributed by atoms with Crippen molar-refractivity contribution < 1.29 is 52.2 Å².